The third-order valence-corrected chi connectivity index (χ3v) is 5.64. The molecular formula is C23H20. The van der Waals surface area contributed by atoms with Crippen LogP contribution in [0.15, 0.2) is 48.5 Å². The summed E-state index contributed by atoms with van der Waals surface area (Å²) in [5, 5.41) is 0. The first-order chi connectivity index (χ1) is 11.1. The second-order valence-electron chi connectivity index (χ2n) is 7.25. The van der Waals surface area contributed by atoms with Crippen molar-refractivity contribution in [2.45, 2.75) is 33.1 Å². The molecule has 0 saturated carbocycles. The molecule has 0 amide bonds. The fourth-order valence-electron chi connectivity index (χ4n) is 4.44. The van der Waals surface area contributed by atoms with Gasteiger partial charge in [-0.1, -0.05) is 54.4 Å². The minimum absolute atomic E-state index is 0.500. The molecule has 0 nitrogen and oxygen atoms in total. The minimum Gasteiger partial charge on any atom is -0.0587 e. The van der Waals surface area contributed by atoms with Crippen LogP contribution >= 0.6 is 0 Å². The molecule has 0 heteroatoms. The van der Waals surface area contributed by atoms with Crippen molar-refractivity contribution in [1.82, 2.24) is 0 Å². The Balaban J connectivity index is 1.74. The van der Waals surface area contributed by atoms with Crippen molar-refractivity contribution in [2.24, 2.45) is 0 Å². The average molecular weight is 296 g/mol. The van der Waals surface area contributed by atoms with E-state index in [-0.39, 0.29) is 0 Å². The topological polar surface area (TPSA) is 0 Å². The Kier molecular flexibility index (Phi) is 2.48. The van der Waals surface area contributed by atoms with E-state index in [4.69, 9.17) is 0 Å². The fraction of sp³-hybridized carbons (Fsp3) is 0.217. The van der Waals surface area contributed by atoms with E-state index in [2.05, 4.69) is 69.3 Å². The van der Waals surface area contributed by atoms with Crippen LogP contribution in [0, 0.1) is 13.8 Å². The molecule has 0 spiro atoms. The predicted molar refractivity (Wildman–Crippen MR) is 97.1 cm³/mol. The van der Waals surface area contributed by atoms with Crippen LogP contribution in [0.3, 0.4) is 0 Å². The van der Waals surface area contributed by atoms with Crippen molar-refractivity contribution in [3.05, 3.63) is 81.9 Å². The van der Waals surface area contributed by atoms with Crippen molar-refractivity contribution in [3.63, 3.8) is 0 Å². The highest BCUT2D eigenvalue weighted by Crippen LogP contribution is 2.49. The third-order valence-electron chi connectivity index (χ3n) is 5.64. The second-order valence-corrected chi connectivity index (χ2v) is 7.25. The summed E-state index contributed by atoms with van der Waals surface area (Å²) < 4.78 is 0. The lowest BCUT2D eigenvalue weighted by atomic mass is 9.94. The molecule has 0 saturated heterocycles. The summed E-state index contributed by atoms with van der Waals surface area (Å²) in [7, 11) is 0. The first-order valence-electron chi connectivity index (χ1n) is 8.49. The third kappa shape index (κ3) is 1.72. The van der Waals surface area contributed by atoms with Gasteiger partial charge in [0, 0.05) is 5.92 Å². The molecule has 0 heterocycles. The summed E-state index contributed by atoms with van der Waals surface area (Å²) in [6.45, 7) is 6.72. The standard InChI is InChI=1S/C23H20/c1-13-4-6-18-16(8-13)10-17-11-23-19-7-5-14(2)9-20(19)15(3)21(23)12-22(17)18/h4-9,11-12,15H,10H2,1-3H3. The molecule has 2 aliphatic rings. The Bertz CT molecular complexity index is 976. The van der Waals surface area contributed by atoms with Gasteiger partial charge in [0.2, 0.25) is 0 Å². The largest absolute Gasteiger partial charge is 0.0587 e. The van der Waals surface area contributed by atoms with E-state index < -0.39 is 0 Å². The van der Waals surface area contributed by atoms with E-state index >= 15 is 0 Å². The molecule has 1 atom stereocenters. The zero-order valence-corrected chi connectivity index (χ0v) is 13.9. The van der Waals surface area contributed by atoms with Crippen LogP contribution in [0.2, 0.25) is 0 Å². The first kappa shape index (κ1) is 13.1. The second kappa shape index (κ2) is 4.35. The van der Waals surface area contributed by atoms with Crippen molar-refractivity contribution in [3.8, 4) is 22.3 Å². The highest BCUT2D eigenvalue weighted by atomic mass is 14.3. The van der Waals surface area contributed by atoms with Gasteiger partial charge in [-0.2, -0.15) is 0 Å². The van der Waals surface area contributed by atoms with Crippen molar-refractivity contribution >= 4 is 0 Å². The zero-order chi connectivity index (χ0) is 15.7. The van der Waals surface area contributed by atoms with E-state index in [9.17, 15) is 0 Å². The molecule has 112 valence electrons. The van der Waals surface area contributed by atoms with Gasteiger partial charge in [-0.3, -0.25) is 0 Å². The molecule has 0 fully saturated rings. The Morgan fingerprint density at radius 1 is 0.652 bits per heavy atom. The minimum atomic E-state index is 0.500. The van der Waals surface area contributed by atoms with Gasteiger partial charge < -0.3 is 0 Å². The summed E-state index contributed by atoms with van der Waals surface area (Å²) >= 11 is 0. The molecule has 0 aromatic heterocycles. The van der Waals surface area contributed by atoms with Crippen LogP contribution in [0.4, 0.5) is 0 Å². The Hall–Kier alpha value is -2.34. The van der Waals surface area contributed by atoms with Gasteiger partial charge in [0.1, 0.15) is 0 Å². The molecule has 3 aromatic carbocycles. The maximum Gasteiger partial charge on any atom is 0.00736 e. The molecule has 23 heavy (non-hydrogen) atoms. The Labute approximate surface area is 137 Å². The summed E-state index contributed by atoms with van der Waals surface area (Å²) in [5.41, 5.74) is 14.5. The highest BCUT2D eigenvalue weighted by Gasteiger charge is 2.29. The summed E-state index contributed by atoms with van der Waals surface area (Å²) in [6, 6.07) is 18.7. The van der Waals surface area contributed by atoms with Crippen molar-refractivity contribution in [2.75, 3.05) is 0 Å². The van der Waals surface area contributed by atoms with E-state index in [0.717, 1.165) is 6.42 Å². The SMILES string of the molecule is Cc1ccc2c(c1)Cc1cc3c(cc1-2)C(C)c1cc(C)ccc1-3. The average Bonchev–Trinajstić information content (AvgIpc) is 3.01. The number of hydrogen-bond acceptors (Lipinski definition) is 0. The van der Waals surface area contributed by atoms with Crippen LogP contribution in [0.25, 0.3) is 22.3 Å². The van der Waals surface area contributed by atoms with Gasteiger partial charge in [0.25, 0.3) is 0 Å². The van der Waals surface area contributed by atoms with Crippen LogP contribution < -0.4 is 0 Å². The van der Waals surface area contributed by atoms with E-state index in [0.29, 0.717) is 5.92 Å². The number of hydrogen-bond donors (Lipinski definition) is 0. The van der Waals surface area contributed by atoms with Crippen LogP contribution in [0.1, 0.15) is 46.2 Å². The molecule has 3 aromatic rings. The van der Waals surface area contributed by atoms with Gasteiger partial charge >= 0.3 is 0 Å². The van der Waals surface area contributed by atoms with Crippen molar-refractivity contribution < 1.29 is 0 Å². The van der Waals surface area contributed by atoms with Gasteiger partial charge in [0.15, 0.2) is 0 Å². The summed E-state index contributed by atoms with van der Waals surface area (Å²) in [5.74, 6) is 0.500. The molecule has 1 unspecified atom stereocenters. The molecule has 5 rings (SSSR count). The number of rotatable bonds is 0. The lowest BCUT2D eigenvalue weighted by Crippen LogP contribution is -1.91. The molecule has 2 aliphatic carbocycles. The normalized spacial score (nSPS) is 16.7. The molecule has 0 aliphatic heterocycles. The van der Waals surface area contributed by atoms with E-state index in [1.165, 1.54) is 55.6 Å². The Morgan fingerprint density at radius 3 is 2.13 bits per heavy atom. The summed E-state index contributed by atoms with van der Waals surface area (Å²) in [6.07, 6.45) is 1.08. The van der Waals surface area contributed by atoms with E-state index in [1.807, 2.05) is 0 Å². The number of benzene rings is 3. The lowest BCUT2D eigenvalue weighted by Gasteiger charge is -2.09. The van der Waals surface area contributed by atoms with Crippen molar-refractivity contribution in [1.29, 1.82) is 0 Å². The van der Waals surface area contributed by atoms with Crippen LogP contribution in [-0.4, -0.2) is 0 Å². The van der Waals surface area contributed by atoms with E-state index in [1.54, 1.807) is 0 Å². The smallest absolute Gasteiger partial charge is 0.00736 e. The van der Waals surface area contributed by atoms with Crippen LogP contribution in [-0.2, 0) is 6.42 Å². The molecule has 0 bridgehead atoms. The monoisotopic (exact) mass is 296 g/mol. The maximum atomic E-state index is 2.46. The molecule has 0 N–H and O–H groups in total. The fourth-order valence-corrected chi connectivity index (χ4v) is 4.44. The van der Waals surface area contributed by atoms with Crippen LogP contribution in [0.5, 0.6) is 0 Å². The van der Waals surface area contributed by atoms with Gasteiger partial charge in [-0.05, 0) is 76.9 Å². The predicted octanol–water partition coefficient (Wildman–Crippen LogP) is 6.01. The Morgan fingerprint density at radius 2 is 1.30 bits per heavy atom. The molecular weight excluding hydrogens is 276 g/mol. The number of fused-ring (bicyclic) bond motifs is 6. The highest BCUT2D eigenvalue weighted by molar-refractivity contribution is 5.86. The first-order valence-corrected chi connectivity index (χ1v) is 8.49. The lowest BCUT2D eigenvalue weighted by molar-refractivity contribution is 0.954. The molecule has 0 radical (unpaired) electrons. The number of aryl methyl sites for hydroxylation is 2. The van der Waals surface area contributed by atoms with Gasteiger partial charge in [-0.15, -0.1) is 0 Å². The quantitative estimate of drug-likeness (QED) is 0.373. The van der Waals surface area contributed by atoms with Gasteiger partial charge in [0.05, 0.1) is 0 Å². The maximum absolute atomic E-state index is 2.46. The zero-order valence-electron chi connectivity index (χ0n) is 13.9. The van der Waals surface area contributed by atoms with Gasteiger partial charge in [-0.25, -0.2) is 0 Å². The summed E-state index contributed by atoms with van der Waals surface area (Å²) in [4.78, 5) is 0.